The second-order valence-electron chi connectivity index (χ2n) is 4.94. The zero-order valence-electron chi connectivity index (χ0n) is 14.0. The van der Waals surface area contributed by atoms with Crippen molar-refractivity contribution in [2.45, 2.75) is 38.4 Å². The molecule has 1 unspecified atom stereocenters. The van der Waals surface area contributed by atoms with Gasteiger partial charge in [-0.05, 0) is 6.42 Å². The van der Waals surface area contributed by atoms with E-state index >= 15 is 0 Å². The zero-order valence-corrected chi connectivity index (χ0v) is 14.9. The summed E-state index contributed by atoms with van der Waals surface area (Å²) < 4.78 is 32.5. The van der Waals surface area contributed by atoms with E-state index in [0.29, 0.717) is 0 Å². The van der Waals surface area contributed by atoms with E-state index in [-0.39, 0.29) is 24.4 Å². The highest BCUT2D eigenvalue weighted by Gasteiger charge is 2.45. The largest absolute Gasteiger partial charge is 0.747 e. The molecular formula is C14H17N2O9S-. The van der Waals surface area contributed by atoms with E-state index in [2.05, 4.69) is 4.84 Å². The maximum absolute atomic E-state index is 11.6. The average molecular weight is 389 g/mol. The van der Waals surface area contributed by atoms with Crippen LogP contribution in [0, 0.1) is 0 Å². The monoisotopic (exact) mass is 389 g/mol. The molecule has 12 heteroatoms. The fourth-order valence-electron chi connectivity index (χ4n) is 2.08. The molecule has 0 spiro atoms. The summed E-state index contributed by atoms with van der Waals surface area (Å²) in [5, 5.41) is -2.15. The molecule has 2 aliphatic rings. The number of nitrogens with zero attached hydrogens (tertiary/aromatic N) is 2. The van der Waals surface area contributed by atoms with Gasteiger partial charge in [0.25, 0.3) is 23.6 Å². The van der Waals surface area contributed by atoms with E-state index in [9.17, 15) is 36.9 Å². The van der Waals surface area contributed by atoms with Gasteiger partial charge in [-0.25, -0.2) is 13.2 Å². The maximum Gasteiger partial charge on any atom is 0.333 e. The number of hydrogen-bond donors (Lipinski definition) is 0. The SMILES string of the molecule is CC.O=C(CCCN1C(=O)C=CC1=O)ON1C(=O)CC(S(=O)(=O)[O-])C1=O. The van der Waals surface area contributed by atoms with Gasteiger partial charge in [-0.15, -0.1) is 5.06 Å². The van der Waals surface area contributed by atoms with Crippen molar-refractivity contribution in [3.8, 4) is 0 Å². The third-order valence-corrected chi connectivity index (χ3v) is 4.33. The van der Waals surface area contributed by atoms with E-state index in [0.717, 1.165) is 17.1 Å². The summed E-state index contributed by atoms with van der Waals surface area (Å²) in [6.45, 7) is 3.93. The lowest BCUT2D eigenvalue weighted by molar-refractivity contribution is -0.197. The molecule has 1 saturated heterocycles. The van der Waals surface area contributed by atoms with Crippen molar-refractivity contribution in [3.63, 3.8) is 0 Å². The predicted molar refractivity (Wildman–Crippen MR) is 82.5 cm³/mol. The molecular weight excluding hydrogens is 372 g/mol. The van der Waals surface area contributed by atoms with E-state index in [4.69, 9.17) is 0 Å². The molecule has 0 radical (unpaired) electrons. The van der Waals surface area contributed by atoms with Crippen molar-refractivity contribution < 1.29 is 41.8 Å². The lowest BCUT2D eigenvalue weighted by atomic mass is 10.3. The van der Waals surface area contributed by atoms with Crippen LogP contribution in [-0.4, -0.2) is 64.3 Å². The molecule has 11 nitrogen and oxygen atoms in total. The fraction of sp³-hybridized carbons (Fsp3) is 0.500. The number of hydroxylamine groups is 2. The zero-order chi connectivity index (χ0) is 20.1. The fourth-order valence-corrected chi connectivity index (χ4v) is 2.77. The highest BCUT2D eigenvalue weighted by Crippen LogP contribution is 2.20. The van der Waals surface area contributed by atoms with Gasteiger partial charge in [-0.2, -0.15) is 0 Å². The quantitative estimate of drug-likeness (QED) is 0.404. The summed E-state index contributed by atoms with van der Waals surface area (Å²) in [6, 6.07) is 0. The van der Waals surface area contributed by atoms with Crippen molar-refractivity contribution in [1.82, 2.24) is 9.96 Å². The van der Waals surface area contributed by atoms with Gasteiger partial charge in [0.15, 0.2) is 0 Å². The van der Waals surface area contributed by atoms with E-state index < -0.39 is 51.4 Å². The van der Waals surface area contributed by atoms with Crippen LogP contribution in [0.3, 0.4) is 0 Å². The first-order chi connectivity index (χ1) is 12.1. The van der Waals surface area contributed by atoms with Gasteiger partial charge in [0.05, 0.1) is 6.42 Å². The number of hydrogen-bond acceptors (Lipinski definition) is 9. The number of rotatable bonds is 6. The second kappa shape index (κ2) is 8.67. The van der Waals surface area contributed by atoms with Crippen LogP contribution < -0.4 is 0 Å². The maximum atomic E-state index is 11.6. The second-order valence-corrected chi connectivity index (χ2v) is 6.49. The molecule has 26 heavy (non-hydrogen) atoms. The topological polar surface area (TPSA) is 158 Å². The van der Waals surface area contributed by atoms with Crippen molar-refractivity contribution in [1.29, 1.82) is 0 Å². The first kappa shape index (κ1) is 21.4. The Balaban J connectivity index is 0.00000163. The van der Waals surface area contributed by atoms with Gasteiger partial charge in [-0.1, -0.05) is 13.8 Å². The van der Waals surface area contributed by atoms with Crippen LogP contribution in [0.15, 0.2) is 12.2 Å². The molecule has 2 rings (SSSR count). The summed E-state index contributed by atoms with van der Waals surface area (Å²) in [7, 11) is -5.04. The summed E-state index contributed by atoms with van der Waals surface area (Å²) >= 11 is 0. The van der Waals surface area contributed by atoms with Crippen LogP contribution in [-0.2, 0) is 38.9 Å². The van der Waals surface area contributed by atoms with Gasteiger partial charge in [0.2, 0.25) is 0 Å². The Bertz CT molecular complexity index is 738. The molecule has 0 bridgehead atoms. The molecule has 1 fully saturated rings. The molecule has 144 valence electrons. The van der Waals surface area contributed by atoms with Crippen LogP contribution in [0.1, 0.15) is 33.1 Å². The average Bonchev–Trinajstić information content (AvgIpc) is 3.03. The third kappa shape index (κ3) is 4.95. The van der Waals surface area contributed by atoms with Crippen LogP contribution in [0.4, 0.5) is 0 Å². The Kier molecular flexibility index (Phi) is 7.15. The number of imide groups is 2. The first-order valence-electron chi connectivity index (χ1n) is 7.67. The van der Waals surface area contributed by atoms with Crippen molar-refractivity contribution in [2.24, 2.45) is 0 Å². The van der Waals surface area contributed by atoms with E-state index in [1.807, 2.05) is 13.8 Å². The highest BCUT2D eigenvalue weighted by atomic mass is 32.2. The summed E-state index contributed by atoms with van der Waals surface area (Å²) in [5.41, 5.74) is 0. The predicted octanol–water partition coefficient (Wildman–Crippen LogP) is -1.15. The Morgan fingerprint density at radius 2 is 1.73 bits per heavy atom. The molecule has 0 aromatic carbocycles. The number of amides is 4. The first-order valence-corrected chi connectivity index (χ1v) is 9.14. The molecule has 1 atom stereocenters. The minimum Gasteiger partial charge on any atom is -0.747 e. The van der Waals surface area contributed by atoms with Gasteiger partial charge >= 0.3 is 5.97 Å². The van der Waals surface area contributed by atoms with Crippen LogP contribution >= 0.6 is 0 Å². The van der Waals surface area contributed by atoms with Crippen LogP contribution in [0.5, 0.6) is 0 Å². The van der Waals surface area contributed by atoms with E-state index in [1.54, 1.807) is 0 Å². The van der Waals surface area contributed by atoms with Crippen LogP contribution in [0.2, 0.25) is 0 Å². The summed E-state index contributed by atoms with van der Waals surface area (Å²) in [6.07, 6.45) is 0.929. The van der Waals surface area contributed by atoms with Gasteiger partial charge < -0.3 is 9.39 Å². The smallest absolute Gasteiger partial charge is 0.333 e. The van der Waals surface area contributed by atoms with Gasteiger partial charge in [0, 0.05) is 25.1 Å². The summed E-state index contributed by atoms with van der Waals surface area (Å²) in [5.74, 6) is -4.64. The van der Waals surface area contributed by atoms with Crippen molar-refractivity contribution >= 4 is 39.7 Å². The molecule has 0 aromatic heterocycles. The Hall–Kier alpha value is -2.60. The molecule has 0 aromatic rings. The van der Waals surface area contributed by atoms with E-state index in [1.165, 1.54) is 0 Å². The standard InChI is InChI=1S/C12H12N2O9S.C2H6/c15-8-3-4-9(16)13(8)5-1-2-11(18)23-14-10(17)6-7(12(14)19)24(20,21)22;1-2/h3-4,7H,1-2,5-6H2,(H,20,21,22);1-2H3/p-1. The normalized spacial score (nSPS) is 19.7. The van der Waals surface area contributed by atoms with Crippen molar-refractivity contribution in [3.05, 3.63) is 12.2 Å². The number of carbonyl (C=O) groups is 5. The molecule has 0 saturated carbocycles. The molecule has 0 N–H and O–H groups in total. The van der Waals surface area contributed by atoms with Gasteiger partial charge in [-0.3, -0.25) is 24.1 Å². The summed E-state index contributed by atoms with van der Waals surface area (Å²) in [4.78, 5) is 62.6. The lowest BCUT2D eigenvalue weighted by Crippen LogP contribution is -2.37. The highest BCUT2D eigenvalue weighted by molar-refractivity contribution is 7.87. The Morgan fingerprint density at radius 1 is 1.19 bits per heavy atom. The third-order valence-electron chi connectivity index (χ3n) is 3.27. The van der Waals surface area contributed by atoms with Crippen LogP contribution in [0.25, 0.3) is 0 Å². The van der Waals surface area contributed by atoms with Gasteiger partial charge in [0.1, 0.15) is 15.4 Å². The molecule has 2 aliphatic heterocycles. The molecule has 0 aliphatic carbocycles. The number of carbonyl (C=O) groups excluding carboxylic acids is 5. The molecule has 2 heterocycles. The Morgan fingerprint density at radius 3 is 2.19 bits per heavy atom. The molecule has 4 amide bonds. The minimum atomic E-state index is -5.04. The van der Waals surface area contributed by atoms with Crippen molar-refractivity contribution in [2.75, 3.05) is 6.54 Å². The Labute approximate surface area is 149 Å². The lowest BCUT2D eigenvalue weighted by Gasteiger charge is -2.16. The minimum absolute atomic E-state index is 0.0114.